The van der Waals surface area contributed by atoms with Crippen molar-refractivity contribution in [2.24, 2.45) is 0 Å². The summed E-state index contributed by atoms with van der Waals surface area (Å²) in [6, 6.07) is 7.46. The molecule has 0 aliphatic carbocycles. The molecule has 3 heterocycles. The zero-order chi connectivity index (χ0) is 17.4. The number of nitrogens with one attached hydrogen (secondary N) is 3. The summed E-state index contributed by atoms with van der Waals surface area (Å²) in [5.74, 6) is -0.0501. The second-order valence-corrected chi connectivity index (χ2v) is 7.55. The third-order valence-corrected chi connectivity index (χ3v) is 5.74. The average molecular weight is 359 g/mol. The van der Waals surface area contributed by atoms with Crippen LogP contribution in [0.1, 0.15) is 0 Å². The number of para-hydroxylation sites is 1. The number of anilines is 1. The first-order valence-corrected chi connectivity index (χ1v) is 9.37. The highest BCUT2D eigenvalue weighted by Gasteiger charge is 2.23. The highest BCUT2D eigenvalue weighted by Crippen LogP contribution is 2.33. The van der Waals surface area contributed by atoms with Crippen LogP contribution in [0.25, 0.3) is 21.7 Å². The predicted molar refractivity (Wildman–Crippen MR) is 98.7 cm³/mol. The molecule has 1 fully saturated rings. The standard InChI is InChI=1S/C18H19N3O3S/c1-20-6-8-21(9-7-20)10-15(22)19-17-16-13(11-25-17)12-4-2-3-5-14(12)24-18(16)23/h2-5,11H,6-10H2,1H3,(H,19,22)/p+2. The summed E-state index contributed by atoms with van der Waals surface area (Å²) in [7, 11) is 2.18. The first kappa shape index (κ1) is 16.3. The van der Waals surface area contributed by atoms with Crippen molar-refractivity contribution in [2.75, 3.05) is 45.1 Å². The van der Waals surface area contributed by atoms with E-state index < -0.39 is 5.63 Å². The number of carbonyl (C=O) groups excluding carboxylic acids is 1. The number of carbonyl (C=O) groups is 1. The van der Waals surface area contributed by atoms with Gasteiger partial charge in [0.05, 0.1) is 7.05 Å². The number of rotatable bonds is 3. The lowest BCUT2D eigenvalue weighted by Crippen LogP contribution is -3.27. The quantitative estimate of drug-likeness (QED) is 0.545. The lowest BCUT2D eigenvalue weighted by atomic mass is 10.1. The highest BCUT2D eigenvalue weighted by molar-refractivity contribution is 7.16. The lowest BCUT2D eigenvalue weighted by molar-refractivity contribution is -0.999. The molecule has 0 spiro atoms. The van der Waals surface area contributed by atoms with Gasteiger partial charge < -0.3 is 19.5 Å². The summed E-state index contributed by atoms with van der Waals surface area (Å²) in [6.07, 6.45) is 0. The fourth-order valence-electron chi connectivity index (χ4n) is 3.38. The van der Waals surface area contributed by atoms with Gasteiger partial charge in [0.1, 0.15) is 42.1 Å². The molecule has 0 saturated carbocycles. The average Bonchev–Trinajstić information content (AvgIpc) is 3.01. The van der Waals surface area contributed by atoms with Crippen LogP contribution in [0, 0.1) is 0 Å². The van der Waals surface area contributed by atoms with E-state index in [2.05, 4.69) is 12.4 Å². The summed E-state index contributed by atoms with van der Waals surface area (Å²) < 4.78 is 5.41. The summed E-state index contributed by atoms with van der Waals surface area (Å²) in [4.78, 5) is 27.6. The summed E-state index contributed by atoms with van der Waals surface area (Å²) in [5.41, 5.74) is 0.167. The van der Waals surface area contributed by atoms with E-state index in [4.69, 9.17) is 4.42 Å². The molecule has 0 atom stereocenters. The molecule has 130 valence electrons. The van der Waals surface area contributed by atoms with Crippen LogP contribution in [0.2, 0.25) is 0 Å². The second kappa shape index (κ2) is 6.59. The van der Waals surface area contributed by atoms with E-state index >= 15 is 0 Å². The number of piperazine rings is 1. The topological polar surface area (TPSA) is 68.2 Å². The van der Waals surface area contributed by atoms with E-state index in [0.717, 1.165) is 37.0 Å². The zero-order valence-electron chi connectivity index (χ0n) is 14.1. The fourth-order valence-corrected chi connectivity index (χ4v) is 4.35. The van der Waals surface area contributed by atoms with Gasteiger partial charge in [0.15, 0.2) is 6.54 Å². The number of thiophene rings is 1. The molecule has 1 saturated heterocycles. The number of hydrogen-bond donors (Lipinski definition) is 3. The molecular formula is C18H21N3O3S+2. The minimum atomic E-state index is -0.402. The van der Waals surface area contributed by atoms with Crippen LogP contribution < -0.4 is 20.7 Å². The van der Waals surface area contributed by atoms with E-state index in [1.54, 1.807) is 6.07 Å². The zero-order valence-corrected chi connectivity index (χ0v) is 14.9. The number of benzene rings is 1. The molecule has 25 heavy (non-hydrogen) atoms. The monoisotopic (exact) mass is 359 g/mol. The number of amides is 1. The third-order valence-electron chi connectivity index (χ3n) is 4.85. The van der Waals surface area contributed by atoms with Crippen LogP contribution in [0.4, 0.5) is 5.00 Å². The minimum absolute atomic E-state index is 0.0501. The molecule has 3 aromatic rings. The van der Waals surface area contributed by atoms with E-state index in [0.29, 0.717) is 22.5 Å². The largest absolute Gasteiger partial charge is 0.422 e. The molecule has 1 amide bonds. The molecule has 1 aromatic carbocycles. The van der Waals surface area contributed by atoms with Crippen molar-refractivity contribution in [3.63, 3.8) is 0 Å². The van der Waals surface area contributed by atoms with Gasteiger partial charge in [0.25, 0.3) is 5.91 Å². The van der Waals surface area contributed by atoms with Gasteiger partial charge in [0, 0.05) is 16.2 Å². The van der Waals surface area contributed by atoms with Gasteiger partial charge >= 0.3 is 5.63 Å². The molecule has 0 radical (unpaired) electrons. The number of quaternary nitrogens is 2. The molecular weight excluding hydrogens is 338 g/mol. The maximum atomic E-state index is 12.4. The SMILES string of the molecule is C[NH+]1CC[NH+](CC(=O)Nc2scc3c2c(=O)oc2ccccc23)CC1. The molecule has 2 aromatic heterocycles. The molecule has 0 unspecified atom stereocenters. The smallest absolute Gasteiger partial charge is 0.347 e. The van der Waals surface area contributed by atoms with E-state index in [-0.39, 0.29) is 5.91 Å². The molecule has 6 nitrogen and oxygen atoms in total. The Balaban J connectivity index is 1.58. The third kappa shape index (κ3) is 3.18. The first-order valence-electron chi connectivity index (χ1n) is 8.49. The Kier molecular flexibility index (Phi) is 4.29. The van der Waals surface area contributed by atoms with E-state index in [1.807, 2.05) is 23.6 Å². The van der Waals surface area contributed by atoms with Gasteiger partial charge in [0.2, 0.25) is 0 Å². The molecule has 0 bridgehead atoms. The Hall–Kier alpha value is -2.22. The summed E-state index contributed by atoms with van der Waals surface area (Å²) >= 11 is 1.38. The number of likely N-dealkylation sites (N-methyl/N-ethyl adjacent to an activating group) is 1. The molecule has 3 N–H and O–H groups in total. The predicted octanol–water partition coefficient (Wildman–Crippen LogP) is -0.641. The van der Waals surface area contributed by atoms with Gasteiger partial charge in [-0.2, -0.15) is 0 Å². The maximum absolute atomic E-state index is 12.4. The number of hydrogen-bond acceptors (Lipinski definition) is 4. The van der Waals surface area contributed by atoms with Crippen LogP contribution in [0.5, 0.6) is 0 Å². The van der Waals surface area contributed by atoms with Crippen molar-refractivity contribution >= 4 is 44.0 Å². The molecule has 4 rings (SSSR count). The summed E-state index contributed by atoms with van der Waals surface area (Å²) in [6.45, 7) is 4.60. The van der Waals surface area contributed by atoms with Crippen molar-refractivity contribution < 1.29 is 19.0 Å². The van der Waals surface area contributed by atoms with E-state index in [9.17, 15) is 9.59 Å². The molecule has 7 heteroatoms. The Bertz CT molecular complexity index is 986. The molecule has 1 aliphatic heterocycles. The van der Waals surface area contributed by atoms with Crippen LogP contribution in [-0.4, -0.2) is 45.7 Å². The van der Waals surface area contributed by atoms with Crippen molar-refractivity contribution in [2.45, 2.75) is 0 Å². The van der Waals surface area contributed by atoms with Gasteiger partial charge in [-0.05, 0) is 6.07 Å². The van der Waals surface area contributed by atoms with Crippen molar-refractivity contribution in [1.82, 2.24) is 0 Å². The van der Waals surface area contributed by atoms with Crippen molar-refractivity contribution in [3.05, 3.63) is 40.1 Å². The van der Waals surface area contributed by atoms with Gasteiger partial charge in [-0.1, -0.05) is 18.2 Å². The normalized spacial score (nSPS) is 20.8. The van der Waals surface area contributed by atoms with Crippen LogP contribution in [0.3, 0.4) is 0 Å². The van der Waals surface area contributed by atoms with E-state index in [1.165, 1.54) is 21.1 Å². The fraction of sp³-hybridized carbons (Fsp3) is 0.333. The van der Waals surface area contributed by atoms with Crippen LogP contribution >= 0.6 is 11.3 Å². The Labute approximate surface area is 148 Å². The van der Waals surface area contributed by atoms with Crippen molar-refractivity contribution in [1.29, 1.82) is 0 Å². The summed E-state index contributed by atoms with van der Waals surface area (Å²) in [5, 5.41) is 7.61. The minimum Gasteiger partial charge on any atom is -0.422 e. The maximum Gasteiger partial charge on any atom is 0.347 e. The van der Waals surface area contributed by atoms with Gasteiger partial charge in [-0.15, -0.1) is 11.3 Å². The lowest BCUT2D eigenvalue weighted by Gasteiger charge is -2.26. The first-order chi connectivity index (χ1) is 12.1. The molecule has 1 aliphatic rings. The van der Waals surface area contributed by atoms with Crippen molar-refractivity contribution in [3.8, 4) is 0 Å². The number of fused-ring (bicyclic) bond motifs is 3. The highest BCUT2D eigenvalue weighted by atomic mass is 32.1. The second-order valence-electron chi connectivity index (χ2n) is 6.67. The Morgan fingerprint density at radius 1 is 1.20 bits per heavy atom. The Morgan fingerprint density at radius 3 is 2.76 bits per heavy atom. The Morgan fingerprint density at radius 2 is 1.96 bits per heavy atom. The van der Waals surface area contributed by atoms with Crippen LogP contribution in [0.15, 0.2) is 38.9 Å². The van der Waals surface area contributed by atoms with Gasteiger partial charge in [-0.3, -0.25) is 4.79 Å². The van der Waals surface area contributed by atoms with Gasteiger partial charge in [-0.25, -0.2) is 4.79 Å². The van der Waals surface area contributed by atoms with Crippen LogP contribution in [-0.2, 0) is 4.79 Å².